The van der Waals surface area contributed by atoms with Gasteiger partial charge in [0.1, 0.15) is 5.00 Å². The van der Waals surface area contributed by atoms with Gasteiger partial charge < -0.3 is 19.9 Å². The SMILES string of the molecule is CCOC(=O)c1c(-n2c(C)cc(/C=C3\SC(Nc4cc(Cl)ccc4C)NC3=O)c2C)sc2c1CCCC2. The largest absolute Gasteiger partial charge is 0.462 e. The van der Waals surface area contributed by atoms with Crippen molar-refractivity contribution in [3.63, 3.8) is 0 Å². The monoisotopic (exact) mass is 555 g/mol. The van der Waals surface area contributed by atoms with Gasteiger partial charge in [-0.05, 0) is 94.3 Å². The van der Waals surface area contributed by atoms with Crippen LogP contribution >= 0.6 is 34.7 Å². The minimum atomic E-state index is -0.293. The third-order valence-electron chi connectivity index (χ3n) is 6.81. The summed E-state index contributed by atoms with van der Waals surface area (Å²) >= 11 is 9.30. The number of rotatable bonds is 6. The number of aryl methyl sites for hydroxylation is 3. The third kappa shape index (κ3) is 5.07. The zero-order valence-corrected chi connectivity index (χ0v) is 23.8. The van der Waals surface area contributed by atoms with E-state index in [1.807, 2.05) is 52.0 Å². The number of benzene rings is 1. The number of nitrogens with one attached hydrogen (secondary N) is 2. The Morgan fingerprint density at radius 2 is 2.03 bits per heavy atom. The maximum atomic E-state index is 13.0. The molecule has 2 N–H and O–H groups in total. The molecule has 1 aliphatic heterocycles. The molecule has 1 fully saturated rings. The molecule has 1 unspecified atom stereocenters. The first kappa shape index (κ1) is 25.9. The maximum Gasteiger partial charge on any atom is 0.341 e. The fourth-order valence-corrected chi connectivity index (χ4v) is 7.59. The zero-order valence-electron chi connectivity index (χ0n) is 21.4. The van der Waals surface area contributed by atoms with Gasteiger partial charge in [0.25, 0.3) is 5.91 Å². The van der Waals surface area contributed by atoms with Crippen LogP contribution in [0.25, 0.3) is 11.1 Å². The van der Waals surface area contributed by atoms with Crippen molar-refractivity contribution in [3.05, 3.63) is 72.7 Å². The van der Waals surface area contributed by atoms with Crippen LogP contribution in [0.4, 0.5) is 5.69 Å². The molecule has 1 aliphatic carbocycles. The fourth-order valence-electron chi connectivity index (χ4n) is 4.97. The van der Waals surface area contributed by atoms with E-state index < -0.39 is 0 Å². The molecule has 3 heterocycles. The Morgan fingerprint density at radius 3 is 2.81 bits per heavy atom. The second kappa shape index (κ2) is 10.6. The van der Waals surface area contributed by atoms with E-state index in [4.69, 9.17) is 16.3 Å². The van der Waals surface area contributed by atoms with E-state index >= 15 is 0 Å². The van der Waals surface area contributed by atoms with E-state index in [0.717, 1.165) is 64.4 Å². The predicted molar refractivity (Wildman–Crippen MR) is 153 cm³/mol. The number of esters is 1. The highest BCUT2D eigenvalue weighted by atomic mass is 35.5. The number of thioether (sulfide) groups is 1. The van der Waals surface area contributed by atoms with Crippen molar-refractivity contribution >= 4 is 58.3 Å². The number of hydrogen-bond donors (Lipinski definition) is 2. The highest BCUT2D eigenvalue weighted by molar-refractivity contribution is 8.05. The molecule has 9 heteroatoms. The van der Waals surface area contributed by atoms with Crippen LogP contribution in [-0.2, 0) is 22.4 Å². The van der Waals surface area contributed by atoms with Crippen molar-refractivity contribution in [2.45, 2.75) is 58.9 Å². The summed E-state index contributed by atoms with van der Waals surface area (Å²) in [5.74, 6) is -0.369. The summed E-state index contributed by atoms with van der Waals surface area (Å²) in [5, 5.41) is 7.92. The van der Waals surface area contributed by atoms with E-state index in [0.29, 0.717) is 22.1 Å². The highest BCUT2D eigenvalue weighted by Crippen LogP contribution is 2.40. The number of amides is 1. The number of aromatic nitrogens is 1. The molecule has 6 nitrogen and oxygen atoms in total. The average Bonchev–Trinajstić information content (AvgIpc) is 3.49. The molecule has 3 aromatic rings. The van der Waals surface area contributed by atoms with Gasteiger partial charge in [-0.25, -0.2) is 4.79 Å². The third-order valence-corrected chi connectivity index (χ3v) is 9.35. The van der Waals surface area contributed by atoms with E-state index in [-0.39, 0.29) is 17.4 Å². The maximum absolute atomic E-state index is 13.0. The molecule has 2 aromatic heterocycles. The number of ether oxygens (including phenoxy) is 1. The van der Waals surface area contributed by atoms with Gasteiger partial charge in [0.2, 0.25) is 0 Å². The zero-order chi connectivity index (χ0) is 26.3. The summed E-state index contributed by atoms with van der Waals surface area (Å²) in [4.78, 5) is 27.8. The summed E-state index contributed by atoms with van der Waals surface area (Å²) in [5.41, 5.74) is 6.46. The van der Waals surface area contributed by atoms with Gasteiger partial charge in [0.15, 0.2) is 5.50 Å². The molecule has 1 amide bonds. The predicted octanol–water partition coefficient (Wildman–Crippen LogP) is 6.77. The van der Waals surface area contributed by atoms with Crippen molar-refractivity contribution in [1.29, 1.82) is 0 Å². The lowest BCUT2D eigenvalue weighted by Gasteiger charge is -2.15. The van der Waals surface area contributed by atoms with Crippen LogP contribution in [0.15, 0.2) is 29.2 Å². The van der Waals surface area contributed by atoms with Gasteiger partial charge in [-0.2, -0.15) is 0 Å². The molecule has 1 aromatic carbocycles. The number of carbonyl (C=O) groups excluding carboxylic acids is 2. The quantitative estimate of drug-likeness (QED) is 0.259. The summed E-state index contributed by atoms with van der Waals surface area (Å²) in [6, 6.07) is 7.73. The van der Waals surface area contributed by atoms with E-state index in [9.17, 15) is 9.59 Å². The van der Waals surface area contributed by atoms with Crippen molar-refractivity contribution in [1.82, 2.24) is 9.88 Å². The molecule has 37 heavy (non-hydrogen) atoms. The summed E-state index contributed by atoms with van der Waals surface area (Å²) in [7, 11) is 0. The molecule has 5 rings (SSSR count). The minimum Gasteiger partial charge on any atom is -0.462 e. The standard InChI is InChI=1S/C28H30ClN3O3S2/c1-5-35-27(34)24-20-8-6-7-9-22(20)36-26(24)32-16(3)12-18(17(32)4)13-23-25(33)31-28(37-23)30-21-14-19(29)11-10-15(21)2/h10-14,28,30H,5-9H2,1-4H3,(H,31,33)/b23-13-. The topological polar surface area (TPSA) is 72.4 Å². The first-order valence-electron chi connectivity index (χ1n) is 12.5. The first-order chi connectivity index (χ1) is 17.8. The van der Waals surface area contributed by atoms with Crippen LogP contribution in [0.5, 0.6) is 0 Å². The number of halogens is 1. The molecular formula is C28H30ClN3O3S2. The Hall–Kier alpha value is -2.68. The highest BCUT2D eigenvalue weighted by Gasteiger charge is 2.30. The molecule has 0 spiro atoms. The Bertz CT molecular complexity index is 1420. The molecular weight excluding hydrogens is 526 g/mol. The van der Waals surface area contributed by atoms with Crippen molar-refractivity contribution in [2.24, 2.45) is 0 Å². The Kier molecular flexibility index (Phi) is 7.43. The number of fused-ring (bicyclic) bond motifs is 1. The van der Waals surface area contributed by atoms with E-state index in [2.05, 4.69) is 21.3 Å². The molecule has 1 atom stereocenters. The van der Waals surface area contributed by atoms with Crippen LogP contribution in [0.1, 0.15) is 63.1 Å². The molecule has 194 valence electrons. The Balaban J connectivity index is 1.46. The van der Waals surface area contributed by atoms with Gasteiger partial charge >= 0.3 is 5.97 Å². The van der Waals surface area contributed by atoms with Crippen molar-refractivity contribution < 1.29 is 14.3 Å². The molecule has 0 bridgehead atoms. The van der Waals surface area contributed by atoms with Crippen LogP contribution in [-0.4, -0.2) is 28.5 Å². The van der Waals surface area contributed by atoms with Crippen LogP contribution in [0.3, 0.4) is 0 Å². The lowest BCUT2D eigenvalue weighted by molar-refractivity contribution is -0.116. The van der Waals surface area contributed by atoms with E-state index in [1.54, 1.807) is 11.3 Å². The van der Waals surface area contributed by atoms with Gasteiger partial charge in [0.05, 0.1) is 17.1 Å². The van der Waals surface area contributed by atoms with Gasteiger partial charge in [-0.15, -0.1) is 11.3 Å². The summed E-state index contributed by atoms with van der Waals surface area (Å²) in [6.45, 7) is 8.26. The van der Waals surface area contributed by atoms with Crippen molar-refractivity contribution in [2.75, 3.05) is 11.9 Å². The molecule has 0 radical (unpaired) electrons. The first-order valence-corrected chi connectivity index (χ1v) is 14.6. The van der Waals surface area contributed by atoms with Gasteiger partial charge in [-0.1, -0.05) is 29.4 Å². The summed E-state index contributed by atoms with van der Waals surface area (Å²) in [6.07, 6.45) is 6.08. The number of thiophene rings is 1. The van der Waals surface area contributed by atoms with Gasteiger partial charge in [-0.3, -0.25) is 4.79 Å². The lowest BCUT2D eigenvalue weighted by atomic mass is 9.95. The van der Waals surface area contributed by atoms with Crippen LogP contribution < -0.4 is 10.6 Å². The van der Waals surface area contributed by atoms with Gasteiger partial charge in [0, 0.05) is 27.0 Å². The Labute approximate surface area is 230 Å². The van der Waals surface area contributed by atoms with Crippen molar-refractivity contribution in [3.8, 4) is 5.00 Å². The second-order valence-corrected chi connectivity index (χ2v) is 12.0. The lowest BCUT2D eigenvalue weighted by Crippen LogP contribution is -2.31. The normalized spacial score (nSPS) is 18.1. The van der Waals surface area contributed by atoms with Crippen LogP contribution in [0.2, 0.25) is 5.02 Å². The average molecular weight is 556 g/mol. The Morgan fingerprint density at radius 1 is 1.24 bits per heavy atom. The smallest absolute Gasteiger partial charge is 0.341 e. The molecule has 0 saturated carbocycles. The number of nitrogens with zero attached hydrogens (tertiary/aromatic N) is 1. The molecule has 2 aliphatic rings. The van der Waals surface area contributed by atoms with E-state index in [1.165, 1.54) is 16.6 Å². The molecule has 1 saturated heterocycles. The minimum absolute atomic E-state index is 0.120. The second-order valence-electron chi connectivity index (χ2n) is 9.36. The summed E-state index contributed by atoms with van der Waals surface area (Å²) < 4.78 is 7.61. The fraction of sp³-hybridized carbons (Fsp3) is 0.357. The number of carbonyl (C=O) groups is 2. The van der Waals surface area contributed by atoms with Crippen LogP contribution in [0, 0.1) is 20.8 Å². The number of anilines is 1. The number of hydrogen-bond acceptors (Lipinski definition) is 6.